The predicted molar refractivity (Wildman–Crippen MR) is 101 cm³/mol. The van der Waals surface area contributed by atoms with E-state index in [1.807, 2.05) is 37.3 Å². The summed E-state index contributed by atoms with van der Waals surface area (Å²) in [6.45, 7) is 1.78. The molecule has 0 aliphatic rings. The number of para-hydroxylation sites is 1. The van der Waals surface area contributed by atoms with Gasteiger partial charge in [-0.15, -0.1) is 11.3 Å². The van der Waals surface area contributed by atoms with Crippen molar-refractivity contribution in [3.63, 3.8) is 0 Å². The smallest absolute Gasteiger partial charge is 0.251 e. The maximum absolute atomic E-state index is 12.1. The number of nitrogens with zero attached hydrogens (tertiary/aromatic N) is 1. The number of nitrogens with one attached hydrogen (secondary N) is 2. The van der Waals surface area contributed by atoms with Crippen molar-refractivity contribution in [1.82, 2.24) is 10.3 Å². The lowest BCUT2D eigenvalue weighted by molar-refractivity contribution is -0.115. The molecule has 0 aliphatic carbocycles. The molecule has 0 fully saturated rings. The van der Waals surface area contributed by atoms with Crippen LogP contribution in [0.15, 0.2) is 60.8 Å². The second kappa shape index (κ2) is 8.26. The third-order valence-electron chi connectivity index (χ3n) is 3.37. The molecule has 3 rings (SSSR count). The van der Waals surface area contributed by atoms with Gasteiger partial charge in [0.1, 0.15) is 11.5 Å². The standard InChI is InChI=1S/C19H17N3O3S/c1-13-11-21-19(26-13)22-17(23)12-20-18(24)14-7-9-16(10-8-14)25-15-5-3-2-4-6-15/h2-11H,12H2,1H3,(H,20,24)(H,21,22,23). The minimum atomic E-state index is -0.332. The van der Waals surface area contributed by atoms with Crippen LogP contribution >= 0.6 is 11.3 Å². The maximum Gasteiger partial charge on any atom is 0.251 e. The van der Waals surface area contributed by atoms with E-state index in [9.17, 15) is 9.59 Å². The van der Waals surface area contributed by atoms with Gasteiger partial charge in [0.05, 0.1) is 6.54 Å². The van der Waals surface area contributed by atoms with Crippen molar-refractivity contribution in [2.75, 3.05) is 11.9 Å². The van der Waals surface area contributed by atoms with E-state index >= 15 is 0 Å². The summed E-state index contributed by atoms with van der Waals surface area (Å²) < 4.78 is 5.68. The number of hydrogen-bond acceptors (Lipinski definition) is 5. The van der Waals surface area contributed by atoms with E-state index in [0.717, 1.165) is 10.6 Å². The molecular formula is C19H17N3O3S. The Morgan fingerprint density at radius 3 is 2.38 bits per heavy atom. The summed E-state index contributed by atoms with van der Waals surface area (Å²) in [5.74, 6) is 0.696. The normalized spacial score (nSPS) is 10.2. The van der Waals surface area contributed by atoms with Gasteiger partial charge in [-0.25, -0.2) is 4.98 Å². The van der Waals surface area contributed by atoms with Gasteiger partial charge in [-0.2, -0.15) is 0 Å². The summed E-state index contributed by atoms with van der Waals surface area (Å²) >= 11 is 1.38. The van der Waals surface area contributed by atoms with Gasteiger partial charge in [-0.3, -0.25) is 9.59 Å². The molecule has 0 saturated carbocycles. The van der Waals surface area contributed by atoms with Crippen molar-refractivity contribution in [2.24, 2.45) is 0 Å². The maximum atomic E-state index is 12.1. The number of anilines is 1. The number of aromatic nitrogens is 1. The summed E-state index contributed by atoms with van der Waals surface area (Å²) in [4.78, 5) is 29.0. The van der Waals surface area contributed by atoms with Crippen molar-refractivity contribution in [3.05, 3.63) is 71.2 Å². The number of carbonyl (C=O) groups is 2. The first-order valence-electron chi connectivity index (χ1n) is 7.93. The van der Waals surface area contributed by atoms with Crippen LogP contribution in [0, 0.1) is 6.92 Å². The minimum absolute atomic E-state index is 0.125. The van der Waals surface area contributed by atoms with Gasteiger partial charge < -0.3 is 15.4 Å². The molecule has 3 aromatic rings. The second-order valence-electron chi connectivity index (χ2n) is 5.45. The fourth-order valence-corrected chi connectivity index (χ4v) is 2.82. The first-order chi connectivity index (χ1) is 12.6. The molecule has 2 amide bonds. The fraction of sp³-hybridized carbons (Fsp3) is 0.105. The Morgan fingerprint density at radius 1 is 1.04 bits per heavy atom. The van der Waals surface area contributed by atoms with Crippen LogP contribution in [0.2, 0.25) is 0 Å². The van der Waals surface area contributed by atoms with E-state index in [1.165, 1.54) is 11.3 Å². The Hall–Kier alpha value is -3.19. The lowest BCUT2D eigenvalue weighted by Crippen LogP contribution is -2.32. The van der Waals surface area contributed by atoms with Crippen LogP contribution in [0.1, 0.15) is 15.2 Å². The average molecular weight is 367 g/mol. The van der Waals surface area contributed by atoms with Crippen LogP contribution in [0.25, 0.3) is 0 Å². The monoisotopic (exact) mass is 367 g/mol. The molecule has 1 heterocycles. The topological polar surface area (TPSA) is 80.3 Å². The van der Waals surface area contributed by atoms with Gasteiger partial charge in [0, 0.05) is 16.6 Å². The molecule has 0 atom stereocenters. The number of thiazole rings is 1. The molecule has 0 radical (unpaired) electrons. The number of hydrogen-bond donors (Lipinski definition) is 2. The summed E-state index contributed by atoms with van der Waals surface area (Å²) in [5, 5.41) is 5.74. The molecule has 1 aromatic heterocycles. The number of amides is 2. The Bertz CT molecular complexity index is 892. The average Bonchev–Trinajstić information content (AvgIpc) is 3.06. The Labute approximate surface area is 154 Å². The molecule has 0 spiro atoms. The molecule has 6 nitrogen and oxygen atoms in total. The zero-order valence-corrected chi connectivity index (χ0v) is 14.9. The Kier molecular flexibility index (Phi) is 5.60. The number of aryl methyl sites for hydroxylation is 1. The quantitative estimate of drug-likeness (QED) is 0.697. The third-order valence-corrected chi connectivity index (χ3v) is 4.20. The van der Waals surface area contributed by atoms with Crippen LogP contribution in [0.5, 0.6) is 11.5 Å². The highest BCUT2D eigenvalue weighted by atomic mass is 32.1. The van der Waals surface area contributed by atoms with Crippen molar-refractivity contribution < 1.29 is 14.3 Å². The van der Waals surface area contributed by atoms with E-state index in [-0.39, 0.29) is 18.4 Å². The highest BCUT2D eigenvalue weighted by Crippen LogP contribution is 2.21. The van der Waals surface area contributed by atoms with E-state index in [2.05, 4.69) is 15.6 Å². The molecule has 2 N–H and O–H groups in total. The van der Waals surface area contributed by atoms with E-state index in [0.29, 0.717) is 16.4 Å². The molecule has 0 bridgehead atoms. The lowest BCUT2D eigenvalue weighted by Gasteiger charge is -2.07. The number of benzene rings is 2. The van der Waals surface area contributed by atoms with Gasteiger partial charge >= 0.3 is 0 Å². The van der Waals surface area contributed by atoms with Gasteiger partial charge in [0.2, 0.25) is 5.91 Å². The predicted octanol–water partition coefficient (Wildman–Crippen LogP) is 3.61. The molecule has 132 valence electrons. The summed E-state index contributed by atoms with van der Waals surface area (Å²) in [5.41, 5.74) is 0.448. The van der Waals surface area contributed by atoms with Gasteiger partial charge in [0.25, 0.3) is 5.91 Å². The Morgan fingerprint density at radius 2 is 1.73 bits per heavy atom. The van der Waals surface area contributed by atoms with Crippen molar-refractivity contribution in [2.45, 2.75) is 6.92 Å². The van der Waals surface area contributed by atoms with Crippen LogP contribution < -0.4 is 15.4 Å². The van der Waals surface area contributed by atoms with Gasteiger partial charge in [0.15, 0.2) is 5.13 Å². The van der Waals surface area contributed by atoms with Crippen molar-refractivity contribution >= 4 is 28.3 Å². The first-order valence-corrected chi connectivity index (χ1v) is 8.75. The molecule has 26 heavy (non-hydrogen) atoms. The van der Waals surface area contributed by atoms with Crippen molar-refractivity contribution in [1.29, 1.82) is 0 Å². The molecule has 2 aromatic carbocycles. The highest BCUT2D eigenvalue weighted by Gasteiger charge is 2.10. The molecule has 0 saturated heterocycles. The zero-order valence-electron chi connectivity index (χ0n) is 14.1. The number of ether oxygens (including phenoxy) is 1. The van der Waals surface area contributed by atoms with E-state index in [1.54, 1.807) is 30.5 Å². The van der Waals surface area contributed by atoms with Crippen LogP contribution in [0.4, 0.5) is 5.13 Å². The highest BCUT2D eigenvalue weighted by molar-refractivity contribution is 7.15. The molecule has 0 aliphatic heterocycles. The first kappa shape index (κ1) is 17.6. The lowest BCUT2D eigenvalue weighted by atomic mass is 10.2. The molecular weight excluding hydrogens is 350 g/mol. The van der Waals surface area contributed by atoms with E-state index in [4.69, 9.17) is 4.74 Å². The second-order valence-corrected chi connectivity index (χ2v) is 6.68. The van der Waals surface area contributed by atoms with Crippen LogP contribution in [-0.2, 0) is 4.79 Å². The number of rotatable bonds is 6. The van der Waals surface area contributed by atoms with Gasteiger partial charge in [-0.05, 0) is 43.3 Å². The summed E-state index contributed by atoms with van der Waals surface area (Å²) in [6, 6.07) is 16.1. The summed E-state index contributed by atoms with van der Waals surface area (Å²) in [7, 11) is 0. The molecule has 0 unspecified atom stereocenters. The minimum Gasteiger partial charge on any atom is -0.457 e. The summed E-state index contributed by atoms with van der Waals surface area (Å²) in [6.07, 6.45) is 1.68. The van der Waals surface area contributed by atoms with Gasteiger partial charge in [-0.1, -0.05) is 18.2 Å². The number of carbonyl (C=O) groups excluding carboxylic acids is 2. The largest absolute Gasteiger partial charge is 0.457 e. The van der Waals surface area contributed by atoms with E-state index < -0.39 is 0 Å². The zero-order chi connectivity index (χ0) is 18.4. The SMILES string of the molecule is Cc1cnc(NC(=O)CNC(=O)c2ccc(Oc3ccccc3)cc2)s1. The fourth-order valence-electron chi connectivity index (χ4n) is 2.14. The van der Waals surface area contributed by atoms with Crippen LogP contribution in [0.3, 0.4) is 0 Å². The van der Waals surface area contributed by atoms with Crippen LogP contribution in [-0.4, -0.2) is 23.3 Å². The Balaban J connectivity index is 1.50. The van der Waals surface area contributed by atoms with Crippen molar-refractivity contribution in [3.8, 4) is 11.5 Å². The third kappa shape index (κ3) is 4.90. The molecule has 7 heteroatoms.